The highest BCUT2D eigenvalue weighted by Gasteiger charge is 2.47. The number of hydrogen-bond donors (Lipinski definition) is 1. The van der Waals surface area contributed by atoms with Crippen molar-refractivity contribution < 1.29 is 17.6 Å². The van der Waals surface area contributed by atoms with Crippen LogP contribution in [0.15, 0.2) is 24.3 Å². The molecule has 2 aliphatic rings. The maximum Gasteiger partial charge on any atom is 0.227 e. The normalized spacial score (nSPS) is 22.2. The number of rotatable bonds is 7. The molecule has 0 unspecified atom stereocenters. The fraction of sp³-hybridized carbons (Fsp3) is 0.696. The third kappa shape index (κ3) is 6.49. The molecule has 1 N–H and O–H groups in total. The van der Waals surface area contributed by atoms with Crippen LogP contribution in [0.1, 0.15) is 45.1 Å². The van der Waals surface area contributed by atoms with Gasteiger partial charge in [-0.2, -0.15) is 0 Å². The van der Waals surface area contributed by atoms with Crippen molar-refractivity contribution in [3.05, 3.63) is 35.6 Å². The molecule has 3 rings (SSSR count). The van der Waals surface area contributed by atoms with Crippen LogP contribution in [0.25, 0.3) is 0 Å². The second-order valence-corrected chi connectivity index (χ2v) is 11.5. The maximum absolute atomic E-state index is 13.6. The largest absolute Gasteiger partial charge is 0.338 e. The number of sulfonamides is 1. The summed E-state index contributed by atoms with van der Waals surface area (Å²) in [6, 6.07) is 5.95. The van der Waals surface area contributed by atoms with Gasteiger partial charge in [0.25, 0.3) is 0 Å². The number of amides is 1. The Hall–Kier alpha value is -1.51. The highest BCUT2D eigenvalue weighted by Crippen LogP contribution is 2.44. The van der Waals surface area contributed by atoms with Gasteiger partial charge < -0.3 is 9.80 Å². The van der Waals surface area contributed by atoms with Gasteiger partial charge in [0.15, 0.2) is 0 Å². The molecule has 2 saturated heterocycles. The van der Waals surface area contributed by atoms with Crippen LogP contribution in [-0.4, -0.2) is 69.1 Å². The molecule has 0 aromatic heterocycles. The minimum atomic E-state index is -3.37. The van der Waals surface area contributed by atoms with Crippen molar-refractivity contribution in [3.8, 4) is 0 Å². The van der Waals surface area contributed by atoms with Gasteiger partial charge in [0.1, 0.15) is 5.82 Å². The van der Waals surface area contributed by atoms with E-state index in [4.69, 9.17) is 0 Å². The third-order valence-corrected chi connectivity index (χ3v) is 7.43. The topological polar surface area (TPSA) is 69.7 Å². The molecule has 2 fully saturated rings. The summed E-state index contributed by atoms with van der Waals surface area (Å²) < 4.78 is 40.0. The van der Waals surface area contributed by atoms with Gasteiger partial charge >= 0.3 is 0 Å². The predicted octanol–water partition coefficient (Wildman–Crippen LogP) is 2.65. The van der Waals surface area contributed by atoms with Crippen molar-refractivity contribution in [2.75, 3.05) is 39.0 Å². The Kier molecular flexibility index (Phi) is 7.76. The lowest BCUT2D eigenvalue weighted by molar-refractivity contribution is -0.141. The summed E-state index contributed by atoms with van der Waals surface area (Å²) in [7, 11) is -3.37. The maximum atomic E-state index is 13.6. The van der Waals surface area contributed by atoms with Crippen LogP contribution >= 0.6 is 0 Å². The minimum Gasteiger partial charge on any atom is -0.338 e. The van der Waals surface area contributed by atoms with Gasteiger partial charge in [-0.3, -0.25) is 4.79 Å². The van der Waals surface area contributed by atoms with Crippen LogP contribution in [0.4, 0.5) is 4.39 Å². The van der Waals surface area contributed by atoms with Gasteiger partial charge in [-0.1, -0.05) is 26.0 Å². The lowest BCUT2D eigenvalue weighted by Gasteiger charge is -2.54. The van der Waals surface area contributed by atoms with E-state index in [1.807, 2.05) is 4.90 Å². The quantitative estimate of drug-likeness (QED) is 0.689. The zero-order chi connectivity index (χ0) is 22.6. The Morgan fingerprint density at radius 2 is 1.94 bits per heavy atom. The summed E-state index contributed by atoms with van der Waals surface area (Å²) in [5, 5.41) is 0. The van der Waals surface area contributed by atoms with E-state index < -0.39 is 10.0 Å². The predicted molar refractivity (Wildman–Crippen MR) is 121 cm³/mol. The molecular weight excluding hydrogens is 417 g/mol. The number of piperidine rings is 2. The second kappa shape index (κ2) is 9.96. The Morgan fingerprint density at radius 1 is 1.23 bits per heavy atom. The highest BCUT2D eigenvalue weighted by atomic mass is 32.2. The van der Waals surface area contributed by atoms with Gasteiger partial charge in [0.05, 0.1) is 18.7 Å². The average Bonchev–Trinajstić information content (AvgIpc) is 2.67. The minimum absolute atomic E-state index is 0.0606. The van der Waals surface area contributed by atoms with Crippen LogP contribution in [-0.2, 0) is 21.2 Å². The zero-order valence-corrected chi connectivity index (χ0v) is 19.8. The van der Waals surface area contributed by atoms with Crippen LogP contribution in [0.5, 0.6) is 0 Å². The highest BCUT2D eigenvalue weighted by molar-refractivity contribution is 7.88. The monoisotopic (exact) mass is 453 g/mol. The third-order valence-electron chi connectivity index (χ3n) is 6.74. The molecule has 0 aliphatic carbocycles. The van der Waals surface area contributed by atoms with Crippen molar-refractivity contribution in [1.29, 1.82) is 0 Å². The standard InChI is InChI=1S/C23H36FN3O3S/c1-18(2)17-26-12-9-23(10-13-26)8-5-11-27(21(23)16-25-31(3,29)30)22(28)15-19-6-4-7-20(24)14-19/h4,6-7,14,18,21,25H,5,8-13,15-17H2,1-3H3/t21-/m1/s1. The lowest BCUT2D eigenvalue weighted by Crippen LogP contribution is -2.61. The van der Waals surface area contributed by atoms with Crippen LogP contribution in [0.3, 0.4) is 0 Å². The molecule has 1 aromatic carbocycles. The first-order chi connectivity index (χ1) is 14.6. The van der Waals surface area contributed by atoms with Gasteiger partial charge in [0.2, 0.25) is 15.9 Å². The number of nitrogens with zero attached hydrogens (tertiary/aromatic N) is 2. The van der Waals surface area contributed by atoms with Crippen LogP contribution < -0.4 is 4.72 Å². The molecule has 1 amide bonds. The average molecular weight is 454 g/mol. The fourth-order valence-electron chi connectivity index (χ4n) is 5.31. The van der Waals surface area contributed by atoms with Crippen molar-refractivity contribution in [1.82, 2.24) is 14.5 Å². The summed E-state index contributed by atoms with van der Waals surface area (Å²) in [6.45, 7) is 8.29. The number of benzene rings is 1. The molecule has 174 valence electrons. The van der Waals surface area contributed by atoms with E-state index in [9.17, 15) is 17.6 Å². The summed E-state index contributed by atoms with van der Waals surface area (Å²) in [5.74, 6) is 0.190. The van der Waals surface area contributed by atoms with E-state index in [1.165, 1.54) is 12.1 Å². The first-order valence-corrected chi connectivity index (χ1v) is 13.2. The SMILES string of the molecule is CC(C)CN1CCC2(CCCN(C(=O)Cc3cccc(F)c3)[C@@H]2CNS(C)(=O)=O)CC1. The van der Waals surface area contributed by atoms with Gasteiger partial charge in [0, 0.05) is 19.6 Å². The Balaban J connectivity index is 1.79. The molecule has 2 aliphatic heterocycles. The first-order valence-electron chi connectivity index (χ1n) is 11.3. The summed E-state index contributed by atoms with van der Waals surface area (Å²) in [6.07, 6.45) is 5.12. The van der Waals surface area contributed by atoms with Crippen molar-refractivity contribution >= 4 is 15.9 Å². The summed E-state index contributed by atoms with van der Waals surface area (Å²) in [4.78, 5) is 17.6. The van der Waals surface area contributed by atoms with E-state index in [1.54, 1.807) is 12.1 Å². The van der Waals surface area contributed by atoms with Gasteiger partial charge in [-0.25, -0.2) is 17.5 Å². The first kappa shape index (κ1) is 24.1. The molecule has 0 radical (unpaired) electrons. The van der Waals surface area contributed by atoms with E-state index in [2.05, 4.69) is 23.5 Å². The Morgan fingerprint density at radius 3 is 2.55 bits per heavy atom. The molecule has 0 bridgehead atoms. The smallest absolute Gasteiger partial charge is 0.227 e. The van der Waals surface area contributed by atoms with Gasteiger partial charge in [-0.15, -0.1) is 0 Å². The molecule has 31 heavy (non-hydrogen) atoms. The fourth-order valence-corrected chi connectivity index (χ4v) is 5.77. The Bertz CT molecular complexity index is 867. The van der Waals surface area contributed by atoms with E-state index >= 15 is 0 Å². The molecule has 2 heterocycles. The van der Waals surface area contributed by atoms with Crippen molar-refractivity contribution in [3.63, 3.8) is 0 Å². The molecule has 1 aromatic rings. The molecule has 1 spiro atoms. The second-order valence-electron chi connectivity index (χ2n) is 9.69. The number of likely N-dealkylation sites (tertiary alicyclic amines) is 2. The number of halogens is 1. The molecular formula is C23H36FN3O3S. The number of carbonyl (C=O) groups is 1. The lowest BCUT2D eigenvalue weighted by atomic mass is 9.66. The van der Waals surface area contributed by atoms with Crippen molar-refractivity contribution in [2.24, 2.45) is 11.3 Å². The van der Waals surface area contributed by atoms with Crippen LogP contribution in [0.2, 0.25) is 0 Å². The van der Waals surface area contributed by atoms with Gasteiger partial charge in [-0.05, 0) is 67.8 Å². The van der Waals surface area contributed by atoms with E-state index in [-0.39, 0.29) is 36.1 Å². The summed E-state index contributed by atoms with van der Waals surface area (Å²) in [5.41, 5.74) is 0.562. The Labute approximate surface area is 186 Å². The zero-order valence-electron chi connectivity index (χ0n) is 18.9. The molecule has 8 heteroatoms. The molecule has 1 atom stereocenters. The number of hydrogen-bond acceptors (Lipinski definition) is 4. The van der Waals surface area contributed by atoms with E-state index in [0.717, 1.165) is 51.6 Å². The van der Waals surface area contributed by atoms with E-state index in [0.29, 0.717) is 18.0 Å². The summed E-state index contributed by atoms with van der Waals surface area (Å²) >= 11 is 0. The number of nitrogens with one attached hydrogen (secondary N) is 1. The molecule has 0 saturated carbocycles. The van der Waals surface area contributed by atoms with Crippen LogP contribution in [0, 0.1) is 17.2 Å². The van der Waals surface area contributed by atoms with Crippen molar-refractivity contribution in [2.45, 2.75) is 52.0 Å². The number of carbonyl (C=O) groups excluding carboxylic acids is 1. The molecule has 6 nitrogen and oxygen atoms in total.